The molecule has 0 N–H and O–H groups in total. The van der Waals surface area contributed by atoms with Crippen LogP contribution in [0.4, 0.5) is 0 Å². The molecule has 0 spiro atoms. The first-order valence-corrected chi connectivity index (χ1v) is 46.0. The van der Waals surface area contributed by atoms with Crippen molar-refractivity contribution in [2.24, 2.45) is 92.7 Å². The van der Waals surface area contributed by atoms with E-state index in [0.717, 1.165) is 155 Å². The smallest absolute Gasteiger partial charge is 0.331 e. The van der Waals surface area contributed by atoms with Crippen LogP contribution in [0.5, 0.6) is 0 Å². The van der Waals surface area contributed by atoms with Gasteiger partial charge in [-0.05, 0) is 256 Å². The fraction of sp³-hybridized carbons (Fsp3) is 0.633. The molecule has 16 heteroatoms. The lowest BCUT2D eigenvalue weighted by Crippen LogP contribution is -2.51. The minimum absolute atomic E-state index is 0.145. The lowest BCUT2D eigenvalue weighted by molar-refractivity contribution is -0.146. The van der Waals surface area contributed by atoms with Gasteiger partial charge in [-0.2, -0.15) is 0 Å². The van der Waals surface area contributed by atoms with Crippen molar-refractivity contribution in [1.29, 1.82) is 0 Å². The molecule has 5 aromatic carbocycles. The van der Waals surface area contributed by atoms with Crippen molar-refractivity contribution in [3.8, 4) is 0 Å². The second-order valence-electron chi connectivity index (χ2n) is 38.9. The Balaban J connectivity index is 0.483. The van der Waals surface area contributed by atoms with Crippen LogP contribution in [0.25, 0.3) is 43.1 Å². The number of allylic oxidation sites excluding steroid dienone is 2. The molecule has 2 unspecified atom stereocenters. The lowest BCUT2D eigenvalue weighted by atomic mass is 9.47. The zero-order valence-corrected chi connectivity index (χ0v) is 72.8. The van der Waals surface area contributed by atoms with E-state index < -0.39 is 35.7 Å². The summed E-state index contributed by atoms with van der Waals surface area (Å²) in [4.78, 5) is 112. The summed E-state index contributed by atoms with van der Waals surface area (Å²) < 4.78 is 24.2. The normalized spacial score (nSPS) is 30.3. The van der Waals surface area contributed by atoms with Crippen molar-refractivity contribution >= 4 is 122 Å². The van der Waals surface area contributed by atoms with Crippen LogP contribution in [0.3, 0.4) is 0 Å². The molecule has 16 atom stereocenters. The highest BCUT2D eigenvalue weighted by atomic mass is 79.9. The third-order valence-electron chi connectivity index (χ3n) is 31.7. The van der Waals surface area contributed by atoms with Crippen LogP contribution in [0.2, 0.25) is 0 Å². The van der Waals surface area contributed by atoms with E-state index in [4.69, 9.17) is 18.9 Å². The average molecular weight is 1680 g/mol. The van der Waals surface area contributed by atoms with E-state index in [0.29, 0.717) is 116 Å². The molecule has 10 aliphatic rings. The Bertz CT molecular complexity index is 4430. The van der Waals surface area contributed by atoms with Gasteiger partial charge in [0.1, 0.15) is 12.2 Å². The van der Waals surface area contributed by atoms with E-state index in [9.17, 15) is 38.4 Å². The summed E-state index contributed by atoms with van der Waals surface area (Å²) in [5.41, 5.74) is 5.73. The number of halogens is 2. The highest BCUT2D eigenvalue weighted by Gasteiger charge is 2.61. The summed E-state index contributed by atoms with van der Waals surface area (Å²) >= 11 is 7.70. The number of ether oxygens (including phenoxy) is 4. The summed E-state index contributed by atoms with van der Waals surface area (Å²) in [6.45, 7) is 25.5. The number of fused-ring (bicyclic) bond motifs is 12. The van der Waals surface area contributed by atoms with Crippen LogP contribution in [-0.2, 0) is 38.1 Å². The zero-order valence-electron chi connectivity index (χ0n) is 69.6. The zero-order chi connectivity index (χ0) is 80.4. The molecule has 2 aliphatic heterocycles. The number of hydrogen-bond donors (Lipinski definition) is 0. The van der Waals surface area contributed by atoms with E-state index in [2.05, 4.69) is 113 Å². The van der Waals surface area contributed by atoms with E-state index in [1.165, 1.54) is 123 Å². The number of imide groups is 2. The van der Waals surface area contributed by atoms with Gasteiger partial charge in [-0.1, -0.05) is 188 Å². The number of carbonyl (C=O) groups is 8. The lowest BCUT2D eigenvalue weighted by Gasteiger charge is -2.58. The highest BCUT2D eigenvalue weighted by Crippen LogP contribution is 2.70. The summed E-state index contributed by atoms with van der Waals surface area (Å²) in [6, 6.07) is 10.9. The largest absolute Gasteiger partial charge is 0.463 e. The first-order valence-electron chi connectivity index (χ1n) is 44.4. The third kappa shape index (κ3) is 15.4. The van der Waals surface area contributed by atoms with Crippen LogP contribution in [0, 0.1) is 92.7 Å². The molecule has 612 valence electrons. The minimum atomic E-state index is -0.603. The van der Waals surface area contributed by atoms with Crippen LogP contribution in [0.1, 0.15) is 303 Å². The number of rotatable bonds is 30. The molecule has 6 saturated carbocycles. The van der Waals surface area contributed by atoms with Crippen molar-refractivity contribution in [2.75, 3.05) is 26.3 Å². The summed E-state index contributed by atoms with van der Waals surface area (Å²) in [7, 11) is 0. The Labute approximate surface area is 693 Å². The Kier molecular flexibility index (Phi) is 24.4. The van der Waals surface area contributed by atoms with Crippen molar-refractivity contribution in [3.63, 3.8) is 0 Å². The molecule has 8 aliphatic carbocycles. The van der Waals surface area contributed by atoms with E-state index >= 15 is 0 Å². The Hall–Kier alpha value is -6.52. The number of benzene rings is 5. The van der Waals surface area contributed by atoms with Gasteiger partial charge in [0, 0.05) is 114 Å². The highest BCUT2D eigenvalue weighted by molar-refractivity contribution is 9.11. The van der Waals surface area contributed by atoms with Crippen LogP contribution >= 0.6 is 31.9 Å². The molecule has 4 amide bonds. The Morgan fingerprint density at radius 1 is 0.430 bits per heavy atom. The van der Waals surface area contributed by atoms with Gasteiger partial charge in [-0.15, -0.1) is 0 Å². The van der Waals surface area contributed by atoms with Crippen molar-refractivity contribution in [1.82, 2.24) is 9.80 Å². The predicted molar refractivity (Wildman–Crippen MR) is 457 cm³/mol. The summed E-state index contributed by atoms with van der Waals surface area (Å²) in [5.74, 6) is 5.40. The molecule has 14 nitrogen and oxygen atoms in total. The number of unbranched alkanes of at least 4 members (excludes halogenated alkanes) is 6. The Morgan fingerprint density at radius 3 is 1.22 bits per heavy atom. The fourth-order valence-electron chi connectivity index (χ4n) is 26.0. The molecule has 15 rings (SSSR count). The second kappa shape index (κ2) is 33.7. The standard InChI is InChI=1S/C98H124Br2N2O12/c1-57(2)21-19-23-59(5)73-33-35-75-65-27-25-61-53-63(41-45-95(61,7)77(65)43-47-97(73,75)9)113-83(105)39-37-81(103)111-51-17-13-11-15-49-101-91(107)69-31-29-67-88-80(100)56-72-86-70(32-30-68(90(86)88)87-79(99)55-71(93(101)109)85(69)89(67)87)92(108)102(94(72)110)50-16-12-14-18-52-112-82(104)38-40-84(106)114-64-42-46-96(8)62(54-64)26-28-66-76-36-34-74(60(6)24-20-22-58(3)4)98(76,10)48-44-78(66)96/h25-26,29-32,37-40,55-60,63-66,73-78H,11-24,27-28,33-36,41-54H2,1-10H3/b39-37+,40-38+/t59-,60-,63?,64?,65+,66+,73-,74-,75+,76+,77+,78+,95+,96+,97-,98-/m1/s1. The summed E-state index contributed by atoms with van der Waals surface area (Å²) in [5, 5.41) is 5.68. The van der Waals surface area contributed by atoms with Gasteiger partial charge in [-0.25, -0.2) is 19.2 Å². The first-order chi connectivity index (χ1) is 54.6. The van der Waals surface area contributed by atoms with Gasteiger partial charge in [0.05, 0.1) is 13.2 Å². The topological polar surface area (TPSA) is 180 Å². The molecule has 0 bridgehead atoms. The molecule has 0 radical (unpaired) electrons. The molecule has 5 aromatic rings. The minimum Gasteiger partial charge on any atom is -0.463 e. The van der Waals surface area contributed by atoms with Crippen molar-refractivity contribution in [3.05, 3.63) is 115 Å². The van der Waals surface area contributed by atoms with Crippen LogP contribution in [-0.4, -0.2) is 95.8 Å². The molecule has 0 saturated heterocycles. The fourth-order valence-corrected chi connectivity index (χ4v) is 27.2. The maximum atomic E-state index is 14.5. The quantitative estimate of drug-likeness (QED) is 0.00621. The van der Waals surface area contributed by atoms with E-state index in [1.807, 2.05) is 12.1 Å². The van der Waals surface area contributed by atoms with Crippen molar-refractivity contribution < 1.29 is 57.3 Å². The van der Waals surface area contributed by atoms with Gasteiger partial charge in [0.15, 0.2) is 0 Å². The molecule has 2 heterocycles. The number of esters is 4. The predicted octanol–water partition coefficient (Wildman–Crippen LogP) is 23.7. The molecular weight excluding hydrogens is 1560 g/mol. The van der Waals surface area contributed by atoms with Crippen molar-refractivity contribution in [2.45, 2.75) is 274 Å². The first kappa shape index (κ1) is 82.6. The number of hydrogen-bond acceptors (Lipinski definition) is 12. The maximum Gasteiger partial charge on any atom is 0.331 e. The Morgan fingerprint density at radius 2 is 0.816 bits per heavy atom. The molecule has 6 fully saturated rings. The van der Waals surface area contributed by atoms with Crippen LogP contribution in [0.15, 0.2) is 92.9 Å². The van der Waals surface area contributed by atoms with Gasteiger partial charge < -0.3 is 18.9 Å². The van der Waals surface area contributed by atoms with E-state index in [1.54, 1.807) is 24.3 Å². The summed E-state index contributed by atoms with van der Waals surface area (Å²) in [6.07, 6.45) is 40.6. The SMILES string of the molecule is CC(C)CCC[C@@H](C)[C@H]1CC[C@H]2[C@@H]3CC=C4CC(OC(=O)/C=C/C(=O)OCCCCCCN5C(=O)c6ccc7c8c(Br)cc9c%10c(ccc(c%11c(Br)cc(c6c7%11)C5=O)c%108)C(=O)N(CCCCCCOC(=O)/C=C/C(=O)OC5CC[C@@]6(C)C(=CC[C@H]7[C@@H]8CC[C@H]([C@H](C)CCCC(C)C)[C@@]8(C)CC[C@@H]76)C5)C9=O)CC[C@]4(C)[C@H]3CC[C@]12C. The monoisotopic (exact) mass is 1680 g/mol. The van der Waals surface area contributed by atoms with Gasteiger partial charge in [0.25, 0.3) is 23.6 Å². The van der Waals surface area contributed by atoms with Gasteiger partial charge in [-0.3, -0.25) is 29.0 Å². The molecule has 0 aromatic heterocycles. The average Bonchev–Trinajstić information content (AvgIpc) is 0.762. The number of amides is 4. The number of carbonyl (C=O) groups excluding carboxylic acids is 8. The molecular formula is C98H124Br2N2O12. The van der Waals surface area contributed by atoms with E-state index in [-0.39, 0.29) is 61.2 Å². The molecule has 114 heavy (non-hydrogen) atoms. The number of nitrogens with zero attached hydrogens (tertiary/aromatic N) is 2. The van der Waals surface area contributed by atoms with Crippen LogP contribution < -0.4 is 0 Å². The third-order valence-corrected chi connectivity index (χ3v) is 33.0. The second-order valence-corrected chi connectivity index (χ2v) is 40.6. The van der Waals surface area contributed by atoms with Gasteiger partial charge in [0.2, 0.25) is 0 Å². The van der Waals surface area contributed by atoms with Gasteiger partial charge >= 0.3 is 23.9 Å². The maximum absolute atomic E-state index is 14.5.